The lowest BCUT2D eigenvalue weighted by Crippen LogP contribution is -2.38. The first-order valence-electron chi connectivity index (χ1n) is 7.92. The quantitative estimate of drug-likeness (QED) is 0.562. The normalized spacial score (nSPS) is 12.2. The number of ether oxygens (including phenoxy) is 1. The average molecular weight is 403 g/mol. The summed E-state index contributed by atoms with van der Waals surface area (Å²) in [5.74, 6) is -0.147. The Kier molecular flexibility index (Phi) is 5.40. The Morgan fingerprint density at radius 1 is 1.28 bits per heavy atom. The Bertz CT molecular complexity index is 891. The topological polar surface area (TPSA) is 74.3 Å². The first-order chi connectivity index (χ1) is 12.1. The van der Waals surface area contributed by atoms with E-state index >= 15 is 0 Å². The lowest BCUT2D eigenvalue weighted by Gasteiger charge is -2.16. The molecule has 1 atom stereocenters. The predicted molar refractivity (Wildman–Crippen MR) is 101 cm³/mol. The molecule has 1 aromatic heterocycles. The van der Waals surface area contributed by atoms with Gasteiger partial charge in [-0.15, -0.1) is 0 Å². The van der Waals surface area contributed by atoms with Gasteiger partial charge in [0.25, 0.3) is 0 Å². The van der Waals surface area contributed by atoms with Crippen LogP contribution in [0.3, 0.4) is 0 Å². The molecule has 0 saturated heterocycles. The Balaban J connectivity index is 1.76. The Labute approximate surface area is 154 Å². The summed E-state index contributed by atoms with van der Waals surface area (Å²) in [7, 11) is 1.60. The van der Waals surface area contributed by atoms with Crippen LogP contribution in [-0.4, -0.2) is 29.2 Å². The second-order valence-corrected chi connectivity index (χ2v) is 6.71. The number of carboxylic acids is 1. The molecule has 3 N–H and O–H groups in total. The number of aromatic nitrogens is 1. The number of methoxy groups -OCH3 is 1. The van der Waals surface area contributed by atoms with Gasteiger partial charge in [0.1, 0.15) is 11.8 Å². The summed E-state index contributed by atoms with van der Waals surface area (Å²) in [4.78, 5) is 14.9. The van der Waals surface area contributed by atoms with Crippen LogP contribution in [0.4, 0.5) is 0 Å². The van der Waals surface area contributed by atoms with Gasteiger partial charge in [-0.2, -0.15) is 0 Å². The molecule has 0 aliphatic rings. The Morgan fingerprint density at radius 2 is 2.08 bits per heavy atom. The van der Waals surface area contributed by atoms with E-state index in [-0.39, 0.29) is 0 Å². The van der Waals surface area contributed by atoms with Gasteiger partial charge >= 0.3 is 5.97 Å². The van der Waals surface area contributed by atoms with Crippen LogP contribution in [0.5, 0.6) is 5.75 Å². The van der Waals surface area contributed by atoms with Crippen molar-refractivity contribution in [1.29, 1.82) is 0 Å². The first kappa shape index (κ1) is 17.5. The number of aliphatic carboxylic acids is 1. The molecule has 0 fully saturated rings. The van der Waals surface area contributed by atoms with Crippen LogP contribution < -0.4 is 10.1 Å². The minimum atomic E-state index is -0.876. The minimum Gasteiger partial charge on any atom is -0.496 e. The van der Waals surface area contributed by atoms with E-state index in [1.807, 2.05) is 48.7 Å². The minimum absolute atomic E-state index is 0.398. The fourth-order valence-electron chi connectivity index (χ4n) is 2.89. The maximum Gasteiger partial charge on any atom is 0.321 e. The van der Waals surface area contributed by atoms with Crippen LogP contribution in [0.25, 0.3) is 10.9 Å². The van der Waals surface area contributed by atoms with Crippen molar-refractivity contribution < 1.29 is 14.6 Å². The van der Waals surface area contributed by atoms with Gasteiger partial charge in [0.2, 0.25) is 0 Å². The molecule has 3 aromatic rings. The molecule has 1 heterocycles. The standard InChI is InChI=1S/C19H19BrN2O3/c1-25-18-7-6-14(20)8-13(18)11-22-17(19(23)24)9-12-10-21-16-5-3-2-4-15(12)16/h2-8,10,17,21-22H,9,11H2,1H3,(H,23,24)/t17-/m1/s1. The van der Waals surface area contributed by atoms with Crippen LogP contribution in [0, 0.1) is 0 Å². The van der Waals surface area contributed by atoms with E-state index in [9.17, 15) is 9.90 Å². The number of rotatable bonds is 7. The SMILES string of the molecule is COc1ccc(Br)cc1CN[C@H](Cc1c[nH]c2ccccc12)C(=O)O. The first-order valence-corrected chi connectivity index (χ1v) is 8.71. The number of para-hydroxylation sites is 1. The summed E-state index contributed by atoms with van der Waals surface area (Å²) >= 11 is 3.43. The average Bonchev–Trinajstić information content (AvgIpc) is 3.01. The van der Waals surface area contributed by atoms with Gasteiger partial charge in [0.05, 0.1) is 7.11 Å². The fraction of sp³-hybridized carbons (Fsp3) is 0.211. The molecule has 130 valence electrons. The number of benzene rings is 2. The van der Waals surface area contributed by atoms with Gasteiger partial charge in [0, 0.05) is 40.1 Å². The molecule has 5 nitrogen and oxygen atoms in total. The molecular weight excluding hydrogens is 384 g/mol. The molecule has 0 spiro atoms. The highest BCUT2D eigenvalue weighted by Crippen LogP contribution is 2.23. The second kappa shape index (κ2) is 7.72. The lowest BCUT2D eigenvalue weighted by molar-refractivity contribution is -0.139. The van der Waals surface area contributed by atoms with Gasteiger partial charge in [-0.05, 0) is 29.8 Å². The summed E-state index contributed by atoms with van der Waals surface area (Å²) < 4.78 is 6.27. The number of carboxylic acid groups (broad SMARTS) is 1. The fourth-order valence-corrected chi connectivity index (χ4v) is 3.29. The third-order valence-electron chi connectivity index (χ3n) is 4.18. The van der Waals surface area contributed by atoms with Crippen molar-refractivity contribution >= 4 is 32.8 Å². The predicted octanol–water partition coefficient (Wildman–Crippen LogP) is 3.72. The summed E-state index contributed by atoms with van der Waals surface area (Å²) in [5.41, 5.74) is 2.90. The van der Waals surface area contributed by atoms with Crippen LogP contribution in [0.15, 0.2) is 53.1 Å². The van der Waals surface area contributed by atoms with Crippen LogP contribution in [0.2, 0.25) is 0 Å². The highest BCUT2D eigenvalue weighted by atomic mass is 79.9. The molecule has 0 aliphatic heterocycles. The number of aromatic amines is 1. The van der Waals surface area contributed by atoms with E-state index in [0.717, 1.165) is 32.3 Å². The molecule has 0 aliphatic carbocycles. The second-order valence-electron chi connectivity index (χ2n) is 5.79. The van der Waals surface area contributed by atoms with Crippen molar-refractivity contribution in [3.05, 3.63) is 64.3 Å². The molecule has 0 unspecified atom stereocenters. The molecule has 6 heteroatoms. The zero-order valence-electron chi connectivity index (χ0n) is 13.8. The maximum atomic E-state index is 11.7. The lowest BCUT2D eigenvalue weighted by atomic mass is 10.0. The van der Waals surface area contributed by atoms with Gasteiger partial charge in [-0.25, -0.2) is 0 Å². The van der Waals surface area contributed by atoms with Crippen LogP contribution in [0.1, 0.15) is 11.1 Å². The van der Waals surface area contributed by atoms with Crippen molar-refractivity contribution in [2.75, 3.05) is 7.11 Å². The molecule has 0 radical (unpaired) electrons. The molecule has 25 heavy (non-hydrogen) atoms. The zero-order valence-corrected chi connectivity index (χ0v) is 15.3. The zero-order chi connectivity index (χ0) is 17.8. The number of H-pyrrole nitrogens is 1. The van der Waals surface area contributed by atoms with Crippen LogP contribution >= 0.6 is 15.9 Å². The summed E-state index contributed by atoms with van der Waals surface area (Å²) in [6.45, 7) is 0.405. The van der Waals surface area contributed by atoms with Crippen LogP contribution in [-0.2, 0) is 17.8 Å². The summed E-state index contributed by atoms with van der Waals surface area (Å²) in [6.07, 6.45) is 2.28. The van der Waals surface area contributed by atoms with Gasteiger partial charge in [-0.3, -0.25) is 10.1 Å². The molecule has 3 rings (SSSR count). The largest absolute Gasteiger partial charge is 0.496 e. The Hall–Kier alpha value is -2.31. The highest BCUT2D eigenvalue weighted by molar-refractivity contribution is 9.10. The summed E-state index contributed by atoms with van der Waals surface area (Å²) in [6, 6.07) is 12.9. The number of fused-ring (bicyclic) bond motifs is 1. The van der Waals surface area contributed by atoms with E-state index in [1.54, 1.807) is 7.11 Å². The Morgan fingerprint density at radius 3 is 2.84 bits per heavy atom. The van der Waals surface area contributed by atoms with Crippen molar-refractivity contribution in [1.82, 2.24) is 10.3 Å². The van der Waals surface area contributed by atoms with Crippen molar-refractivity contribution in [3.63, 3.8) is 0 Å². The smallest absolute Gasteiger partial charge is 0.321 e. The summed E-state index contributed by atoms with van der Waals surface area (Å²) in [5, 5.41) is 13.8. The number of halogens is 1. The van der Waals surface area contributed by atoms with E-state index in [2.05, 4.69) is 26.2 Å². The van der Waals surface area contributed by atoms with Crippen molar-refractivity contribution in [2.45, 2.75) is 19.0 Å². The molecule has 0 saturated carbocycles. The van der Waals surface area contributed by atoms with Gasteiger partial charge < -0.3 is 14.8 Å². The number of carbonyl (C=O) groups is 1. The van der Waals surface area contributed by atoms with Crippen molar-refractivity contribution in [2.24, 2.45) is 0 Å². The van der Waals surface area contributed by atoms with E-state index in [0.29, 0.717) is 13.0 Å². The number of nitrogens with one attached hydrogen (secondary N) is 2. The monoisotopic (exact) mass is 402 g/mol. The highest BCUT2D eigenvalue weighted by Gasteiger charge is 2.20. The third-order valence-corrected chi connectivity index (χ3v) is 4.67. The van der Waals surface area contributed by atoms with Gasteiger partial charge in [-0.1, -0.05) is 34.1 Å². The maximum absolute atomic E-state index is 11.7. The number of hydrogen-bond donors (Lipinski definition) is 3. The number of hydrogen-bond acceptors (Lipinski definition) is 3. The van der Waals surface area contributed by atoms with E-state index in [1.165, 1.54) is 0 Å². The molecule has 0 amide bonds. The van der Waals surface area contributed by atoms with E-state index in [4.69, 9.17) is 4.74 Å². The molecule has 0 bridgehead atoms. The van der Waals surface area contributed by atoms with Gasteiger partial charge in [0.15, 0.2) is 0 Å². The third kappa shape index (κ3) is 4.03. The molecular formula is C19H19BrN2O3. The van der Waals surface area contributed by atoms with E-state index < -0.39 is 12.0 Å². The molecule has 2 aromatic carbocycles. The van der Waals surface area contributed by atoms with Crippen molar-refractivity contribution in [3.8, 4) is 5.75 Å².